The SMILES string of the molecule is CCCCCC(=S)CC(=O)CC. The number of rotatable bonds is 7. The van der Waals surface area contributed by atoms with E-state index in [1.165, 1.54) is 12.8 Å². The van der Waals surface area contributed by atoms with Crippen LogP contribution in [0.25, 0.3) is 0 Å². The summed E-state index contributed by atoms with van der Waals surface area (Å²) in [5, 5.41) is 0. The van der Waals surface area contributed by atoms with E-state index in [4.69, 9.17) is 12.2 Å². The van der Waals surface area contributed by atoms with E-state index in [0.29, 0.717) is 12.8 Å². The van der Waals surface area contributed by atoms with Gasteiger partial charge >= 0.3 is 0 Å². The Kier molecular flexibility index (Phi) is 7.26. The van der Waals surface area contributed by atoms with Crippen LogP contribution in [-0.4, -0.2) is 10.6 Å². The molecular formula is C10H18OS. The number of carbonyl (C=O) groups excluding carboxylic acids is 1. The topological polar surface area (TPSA) is 17.1 Å². The second-order valence-corrected chi connectivity index (χ2v) is 3.64. The van der Waals surface area contributed by atoms with Gasteiger partial charge in [0.15, 0.2) is 0 Å². The van der Waals surface area contributed by atoms with Crippen LogP contribution in [0, 0.1) is 0 Å². The second-order valence-electron chi connectivity index (χ2n) is 3.06. The Bertz CT molecular complexity index is 152. The maximum absolute atomic E-state index is 11.0. The van der Waals surface area contributed by atoms with Gasteiger partial charge in [-0.05, 0) is 12.8 Å². The van der Waals surface area contributed by atoms with Crippen molar-refractivity contribution in [2.75, 3.05) is 0 Å². The average Bonchev–Trinajstić information content (AvgIpc) is 2.05. The summed E-state index contributed by atoms with van der Waals surface area (Å²) in [6.45, 7) is 4.05. The fourth-order valence-corrected chi connectivity index (χ4v) is 1.31. The third-order valence-electron chi connectivity index (χ3n) is 1.85. The van der Waals surface area contributed by atoms with Crippen molar-refractivity contribution in [2.45, 2.75) is 52.4 Å². The molecule has 0 aromatic rings. The summed E-state index contributed by atoms with van der Waals surface area (Å²) in [4.78, 5) is 11.9. The molecule has 0 saturated heterocycles. The van der Waals surface area contributed by atoms with Crippen LogP contribution in [0.3, 0.4) is 0 Å². The average molecular weight is 186 g/mol. The maximum atomic E-state index is 11.0. The Balaban J connectivity index is 3.40. The highest BCUT2D eigenvalue weighted by Crippen LogP contribution is 2.04. The number of Topliss-reactive ketones (excluding diaryl/α,β-unsaturated/α-hetero) is 1. The van der Waals surface area contributed by atoms with Crippen LogP contribution in [0.15, 0.2) is 0 Å². The van der Waals surface area contributed by atoms with Crippen LogP contribution in [0.5, 0.6) is 0 Å². The third-order valence-corrected chi connectivity index (χ3v) is 2.20. The number of ketones is 1. The van der Waals surface area contributed by atoms with Gasteiger partial charge in [0.1, 0.15) is 5.78 Å². The summed E-state index contributed by atoms with van der Waals surface area (Å²) in [7, 11) is 0. The predicted molar refractivity (Wildman–Crippen MR) is 56.7 cm³/mol. The van der Waals surface area contributed by atoms with E-state index in [0.717, 1.165) is 17.7 Å². The molecule has 0 N–H and O–H groups in total. The molecule has 0 heterocycles. The highest BCUT2D eigenvalue weighted by Gasteiger charge is 2.02. The van der Waals surface area contributed by atoms with Gasteiger partial charge in [-0.3, -0.25) is 4.79 Å². The Morgan fingerprint density at radius 3 is 2.42 bits per heavy atom. The molecule has 0 atom stereocenters. The lowest BCUT2D eigenvalue weighted by atomic mass is 10.1. The number of unbranched alkanes of at least 4 members (excludes halogenated alkanes) is 2. The smallest absolute Gasteiger partial charge is 0.137 e. The first-order chi connectivity index (χ1) is 5.70. The summed E-state index contributed by atoms with van der Waals surface area (Å²) >= 11 is 5.09. The molecule has 0 saturated carbocycles. The molecule has 0 spiro atoms. The first-order valence-corrected chi connectivity index (χ1v) is 5.14. The van der Waals surface area contributed by atoms with Gasteiger partial charge in [-0.2, -0.15) is 0 Å². The monoisotopic (exact) mass is 186 g/mol. The van der Waals surface area contributed by atoms with E-state index >= 15 is 0 Å². The molecule has 70 valence electrons. The summed E-state index contributed by atoms with van der Waals surface area (Å²) in [6.07, 6.45) is 5.68. The van der Waals surface area contributed by atoms with Crippen LogP contribution in [-0.2, 0) is 4.79 Å². The van der Waals surface area contributed by atoms with E-state index in [1.54, 1.807) is 0 Å². The van der Waals surface area contributed by atoms with E-state index < -0.39 is 0 Å². The zero-order valence-corrected chi connectivity index (χ0v) is 8.88. The van der Waals surface area contributed by atoms with Gasteiger partial charge in [0, 0.05) is 17.7 Å². The van der Waals surface area contributed by atoms with Gasteiger partial charge in [0.25, 0.3) is 0 Å². The molecule has 0 aliphatic carbocycles. The van der Waals surface area contributed by atoms with Crippen molar-refractivity contribution in [3.05, 3.63) is 0 Å². The fourth-order valence-electron chi connectivity index (χ4n) is 1.01. The van der Waals surface area contributed by atoms with Gasteiger partial charge in [-0.25, -0.2) is 0 Å². The largest absolute Gasteiger partial charge is 0.299 e. The zero-order valence-electron chi connectivity index (χ0n) is 8.06. The minimum absolute atomic E-state index is 0.275. The molecule has 1 nitrogen and oxygen atoms in total. The summed E-state index contributed by atoms with van der Waals surface area (Å²) in [5.74, 6) is 0.275. The Labute approximate surface area is 80.5 Å². The highest BCUT2D eigenvalue weighted by molar-refractivity contribution is 7.80. The molecular weight excluding hydrogens is 168 g/mol. The molecule has 0 amide bonds. The van der Waals surface area contributed by atoms with Crippen molar-refractivity contribution in [3.63, 3.8) is 0 Å². The number of hydrogen-bond acceptors (Lipinski definition) is 2. The first-order valence-electron chi connectivity index (χ1n) is 4.74. The molecule has 0 radical (unpaired) electrons. The molecule has 0 unspecified atom stereocenters. The highest BCUT2D eigenvalue weighted by atomic mass is 32.1. The Hall–Kier alpha value is -0.240. The van der Waals surface area contributed by atoms with Gasteiger partial charge in [0.2, 0.25) is 0 Å². The van der Waals surface area contributed by atoms with Crippen LogP contribution < -0.4 is 0 Å². The van der Waals surface area contributed by atoms with Crippen molar-refractivity contribution in [3.8, 4) is 0 Å². The number of hydrogen-bond donors (Lipinski definition) is 0. The molecule has 0 aromatic carbocycles. The number of thiocarbonyl (C=S) groups is 1. The van der Waals surface area contributed by atoms with Crippen LogP contribution >= 0.6 is 12.2 Å². The summed E-state index contributed by atoms with van der Waals surface area (Å²) < 4.78 is 0. The molecule has 0 bridgehead atoms. The molecule has 0 aromatic heterocycles. The maximum Gasteiger partial charge on any atom is 0.137 e. The predicted octanol–water partition coefficient (Wildman–Crippen LogP) is 3.31. The van der Waals surface area contributed by atoms with Crippen molar-refractivity contribution >= 4 is 22.9 Å². The van der Waals surface area contributed by atoms with E-state index in [9.17, 15) is 4.79 Å². The molecule has 12 heavy (non-hydrogen) atoms. The van der Waals surface area contributed by atoms with Crippen molar-refractivity contribution in [1.29, 1.82) is 0 Å². The quantitative estimate of drug-likeness (QED) is 0.448. The van der Waals surface area contributed by atoms with Crippen LogP contribution in [0.1, 0.15) is 52.4 Å². The standard InChI is InChI=1S/C10H18OS/c1-3-5-6-7-10(12)8-9(11)4-2/h3-8H2,1-2H3. The summed E-state index contributed by atoms with van der Waals surface area (Å²) in [6, 6.07) is 0. The van der Waals surface area contributed by atoms with E-state index in [1.807, 2.05) is 6.92 Å². The normalized spacial score (nSPS) is 9.83. The van der Waals surface area contributed by atoms with Gasteiger partial charge in [-0.15, -0.1) is 0 Å². The van der Waals surface area contributed by atoms with Gasteiger partial charge < -0.3 is 0 Å². The van der Waals surface area contributed by atoms with Crippen molar-refractivity contribution in [1.82, 2.24) is 0 Å². The minimum atomic E-state index is 0.275. The molecule has 0 aliphatic rings. The third kappa shape index (κ3) is 6.47. The fraction of sp³-hybridized carbons (Fsp3) is 0.800. The first kappa shape index (κ1) is 11.8. The van der Waals surface area contributed by atoms with E-state index in [2.05, 4.69) is 6.92 Å². The van der Waals surface area contributed by atoms with E-state index in [-0.39, 0.29) is 5.78 Å². The minimum Gasteiger partial charge on any atom is -0.299 e. The molecule has 0 fully saturated rings. The van der Waals surface area contributed by atoms with Crippen molar-refractivity contribution in [2.24, 2.45) is 0 Å². The lowest BCUT2D eigenvalue weighted by molar-refractivity contribution is -0.117. The molecule has 0 aliphatic heterocycles. The van der Waals surface area contributed by atoms with Crippen molar-refractivity contribution < 1.29 is 4.79 Å². The van der Waals surface area contributed by atoms with Crippen LogP contribution in [0.2, 0.25) is 0 Å². The molecule has 2 heteroatoms. The lowest BCUT2D eigenvalue weighted by Crippen LogP contribution is -2.04. The lowest BCUT2D eigenvalue weighted by Gasteiger charge is -2.00. The number of carbonyl (C=O) groups is 1. The Morgan fingerprint density at radius 2 is 1.92 bits per heavy atom. The molecule has 0 rings (SSSR count). The zero-order chi connectivity index (χ0) is 9.40. The van der Waals surface area contributed by atoms with Crippen LogP contribution in [0.4, 0.5) is 0 Å². The van der Waals surface area contributed by atoms with Gasteiger partial charge in [0.05, 0.1) is 0 Å². The van der Waals surface area contributed by atoms with Gasteiger partial charge in [-0.1, -0.05) is 38.9 Å². The second kappa shape index (κ2) is 7.41. The Morgan fingerprint density at radius 1 is 1.25 bits per heavy atom. The summed E-state index contributed by atoms with van der Waals surface area (Å²) in [5.41, 5.74) is 0.